The number of benzene rings is 1. The van der Waals surface area contributed by atoms with Crippen molar-refractivity contribution in [3.05, 3.63) is 41.2 Å². The maximum absolute atomic E-state index is 13.1. The maximum atomic E-state index is 13.1. The monoisotopic (exact) mass is 249 g/mol. The number of aliphatic hydroxyl groups is 1. The summed E-state index contributed by atoms with van der Waals surface area (Å²) in [4.78, 5) is 4.40. The zero-order valence-corrected chi connectivity index (χ0v) is 10.5. The van der Waals surface area contributed by atoms with Gasteiger partial charge in [0.2, 0.25) is 0 Å². The molecule has 0 aliphatic carbocycles. The molecule has 0 saturated heterocycles. The van der Waals surface area contributed by atoms with E-state index in [0.717, 1.165) is 24.5 Å². The van der Waals surface area contributed by atoms with Gasteiger partial charge in [-0.05, 0) is 18.2 Å². The molecule has 2 aromatic rings. The number of aromatic nitrogens is 3. The van der Waals surface area contributed by atoms with Crippen LogP contribution in [-0.4, -0.2) is 19.9 Å². The molecule has 0 saturated carbocycles. The Morgan fingerprint density at radius 3 is 2.67 bits per heavy atom. The van der Waals surface area contributed by atoms with Gasteiger partial charge in [0.05, 0.1) is 12.3 Å². The Labute approximate surface area is 105 Å². The van der Waals surface area contributed by atoms with Crippen molar-refractivity contribution >= 4 is 0 Å². The summed E-state index contributed by atoms with van der Waals surface area (Å²) < 4.78 is 14.8. The highest BCUT2D eigenvalue weighted by Crippen LogP contribution is 2.18. The predicted molar refractivity (Wildman–Crippen MR) is 66.0 cm³/mol. The van der Waals surface area contributed by atoms with Crippen molar-refractivity contribution < 1.29 is 9.50 Å². The lowest BCUT2D eigenvalue weighted by atomic mass is 10.2. The molecule has 0 aliphatic heterocycles. The fourth-order valence-corrected chi connectivity index (χ4v) is 1.85. The van der Waals surface area contributed by atoms with Gasteiger partial charge in [0.15, 0.2) is 5.82 Å². The molecular weight excluding hydrogens is 233 g/mol. The van der Waals surface area contributed by atoms with Crippen LogP contribution in [0.3, 0.4) is 0 Å². The molecule has 5 heteroatoms. The van der Waals surface area contributed by atoms with Crippen molar-refractivity contribution in [3.8, 4) is 5.69 Å². The number of nitrogens with zero attached hydrogens (tertiary/aromatic N) is 3. The Morgan fingerprint density at radius 1 is 1.28 bits per heavy atom. The summed E-state index contributed by atoms with van der Waals surface area (Å²) in [5, 5.41) is 13.7. The second-order valence-electron chi connectivity index (χ2n) is 3.99. The zero-order chi connectivity index (χ0) is 13.1. The summed E-state index contributed by atoms with van der Waals surface area (Å²) in [6.07, 6.45) is 1.48. The quantitative estimate of drug-likeness (QED) is 0.902. The number of halogens is 1. The van der Waals surface area contributed by atoms with Crippen LogP contribution in [-0.2, 0) is 19.4 Å². The van der Waals surface area contributed by atoms with Crippen molar-refractivity contribution in [2.45, 2.75) is 33.3 Å². The molecule has 0 amide bonds. The molecule has 4 nitrogen and oxygen atoms in total. The molecule has 2 rings (SSSR count). The molecule has 96 valence electrons. The normalized spacial score (nSPS) is 10.9. The number of hydrogen-bond donors (Lipinski definition) is 1. The van der Waals surface area contributed by atoms with Crippen molar-refractivity contribution in [3.63, 3.8) is 0 Å². The standard InChI is InChI=1S/C13H16FN3O/c1-3-12-15-13(4-2)17(16-12)11-6-5-10(14)7-9(11)8-18/h5-7,18H,3-4,8H2,1-2H3. The van der Waals surface area contributed by atoms with Crippen LogP contribution in [0.2, 0.25) is 0 Å². The molecule has 0 aliphatic rings. The van der Waals surface area contributed by atoms with E-state index in [-0.39, 0.29) is 12.4 Å². The lowest BCUT2D eigenvalue weighted by molar-refractivity contribution is 0.280. The van der Waals surface area contributed by atoms with Crippen LogP contribution in [0.25, 0.3) is 5.69 Å². The van der Waals surface area contributed by atoms with E-state index in [9.17, 15) is 9.50 Å². The second kappa shape index (κ2) is 5.27. The van der Waals surface area contributed by atoms with E-state index in [1.165, 1.54) is 12.1 Å². The lowest BCUT2D eigenvalue weighted by Gasteiger charge is -2.09. The first-order valence-electron chi connectivity index (χ1n) is 6.04. The van der Waals surface area contributed by atoms with E-state index in [1.807, 2.05) is 13.8 Å². The molecule has 0 unspecified atom stereocenters. The first-order chi connectivity index (χ1) is 8.69. The molecule has 0 radical (unpaired) electrons. The van der Waals surface area contributed by atoms with Crippen LogP contribution >= 0.6 is 0 Å². The summed E-state index contributed by atoms with van der Waals surface area (Å²) >= 11 is 0. The average molecular weight is 249 g/mol. The fraction of sp³-hybridized carbons (Fsp3) is 0.385. The van der Waals surface area contributed by atoms with E-state index in [1.54, 1.807) is 10.7 Å². The smallest absolute Gasteiger partial charge is 0.151 e. The van der Waals surface area contributed by atoms with Crippen LogP contribution in [0.15, 0.2) is 18.2 Å². The van der Waals surface area contributed by atoms with Crippen LogP contribution in [0.4, 0.5) is 4.39 Å². The zero-order valence-electron chi connectivity index (χ0n) is 10.5. The molecule has 1 N–H and O–H groups in total. The SMILES string of the molecule is CCc1nc(CC)n(-c2ccc(F)cc2CO)n1. The van der Waals surface area contributed by atoms with Gasteiger partial charge in [-0.15, -0.1) is 0 Å². The van der Waals surface area contributed by atoms with E-state index in [2.05, 4.69) is 10.1 Å². The van der Waals surface area contributed by atoms with Crippen LogP contribution in [0.1, 0.15) is 31.1 Å². The van der Waals surface area contributed by atoms with Gasteiger partial charge in [-0.3, -0.25) is 0 Å². The molecule has 0 bridgehead atoms. The molecule has 1 aromatic heterocycles. The van der Waals surface area contributed by atoms with Gasteiger partial charge in [0.25, 0.3) is 0 Å². The summed E-state index contributed by atoms with van der Waals surface area (Å²) in [6, 6.07) is 4.30. The first kappa shape index (κ1) is 12.7. The molecular formula is C13H16FN3O. The lowest BCUT2D eigenvalue weighted by Crippen LogP contribution is -2.06. The van der Waals surface area contributed by atoms with Gasteiger partial charge < -0.3 is 5.11 Å². The molecule has 0 fully saturated rings. The molecule has 0 spiro atoms. The second-order valence-corrected chi connectivity index (χ2v) is 3.99. The Balaban J connectivity index is 2.56. The minimum absolute atomic E-state index is 0.225. The van der Waals surface area contributed by atoms with Crippen molar-refractivity contribution in [1.82, 2.24) is 14.8 Å². The predicted octanol–water partition coefficient (Wildman–Crippen LogP) is 2.02. The van der Waals surface area contributed by atoms with Gasteiger partial charge >= 0.3 is 0 Å². The van der Waals surface area contributed by atoms with Gasteiger partial charge in [-0.25, -0.2) is 14.1 Å². The largest absolute Gasteiger partial charge is 0.392 e. The van der Waals surface area contributed by atoms with Gasteiger partial charge in [-0.2, -0.15) is 5.10 Å². The third kappa shape index (κ3) is 2.26. The Kier molecular flexibility index (Phi) is 3.72. The number of rotatable bonds is 4. The van der Waals surface area contributed by atoms with Gasteiger partial charge in [0.1, 0.15) is 11.6 Å². The topological polar surface area (TPSA) is 50.9 Å². The maximum Gasteiger partial charge on any atom is 0.151 e. The highest BCUT2D eigenvalue weighted by Gasteiger charge is 2.12. The summed E-state index contributed by atoms with van der Waals surface area (Å²) in [7, 11) is 0. The van der Waals surface area contributed by atoms with Crippen LogP contribution in [0.5, 0.6) is 0 Å². The highest BCUT2D eigenvalue weighted by molar-refractivity contribution is 5.41. The molecule has 1 aromatic carbocycles. The summed E-state index contributed by atoms with van der Waals surface area (Å²) in [5.74, 6) is 1.20. The van der Waals surface area contributed by atoms with Gasteiger partial charge in [-0.1, -0.05) is 13.8 Å². The van der Waals surface area contributed by atoms with Crippen molar-refractivity contribution in [2.24, 2.45) is 0 Å². The van der Waals surface area contributed by atoms with E-state index >= 15 is 0 Å². The van der Waals surface area contributed by atoms with Crippen LogP contribution < -0.4 is 0 Å². The molecule has 18 heavy (non-hydrogen) atoms. The summed E-state index contributed by atoms with van der Waals surface area (Å²) in [6.45, 7) is 3.75. The van der Waals surface area contributed by atoms with E-state index in [0.29, 0.717) is 11.3 Å². The number of hydrogen-bond acceptors (Lipinski definition) is 3. The highest BCUT2D eigenvalue weighted by atomic mass is 19.1. The average Bonchev–Trinajstić information content (AvgIpc) is 2.81. The summed E-state index contributed by atoms with van der Waals surface area (Å²) in [5.41, 5.74) is 1.19. The third-order valence-electron chi connectivity index (χ3n) is 2.79. The van der Waals surface area contributed by atoms with Crippen LogP contribution in [0, 0.1) is 5.82 Å². The molecule has 1 heterocycles. The number of aryl methyl sites for hydroxylation is 2. The van der Waals surface area contributed by atoms with Crippen molar-refractivity contribution in [1.29, 1.82) is 0 Å². The Morgan fingerprint density at radius 2 is 2.06 bits per heavy atom. The number of aliphatic hydroxyl groups excluding tert-OH is 1. The first-order valence-corrected chi connectivity index (χ1v) is 6.04. The van der Waals surface area contributed by atoms with E-state index in [4.69, 9.17) is 0 Å². The Hall–Kier alpha value is -1.75. The minimum atomic E-state index is -0.364. The fourth-order valence-electron chi connectivity index (χ4n) is 1.85. The van der Waals surface area contributed by atoms with Gasteiger partial charge in [0, 0.05) is 18.4 Å². The Bertz CT molecular complexity index is 551. The van der Waals surface area contributed by atoms with Crippen molar-refractivity contribution in [2.75, 3.05) is 0 Å². The molecule has 0 atom stereocenters. The van der Waals surface area contributed by atoms with E-state index < -0.39 is 0 Å². The minimum Gasteiger partial charge on any atom is -0.392 e. The third-order valence-corrected chi connectivity index (χ3v) is 2.79.